The van der Waals surface area contributed by atoms with Crippen LogP contribution in [0.4, 0.5) is 11.4 Å². The van der Waals surface area contributed by atoms with Gasteiger partial charge in [-0.25, -0.2) is 8.42 Å². The predicted molar refractivity (Wildman–Crippen MR) is 141 cm³/mol. The fourth-order valence-corrected chi connectivity index (χ4v) is 5.89. The van der Waals surface area contributed by atoms with E-state index in [9.17, 15) is 13.2 Å². The molecular formula is C28H33N3O3S. The largest absolute Gasteiger partial charge is 0.372 e. The number of nitrogens with one attached hydrogen (secondary N) is 1. The summed E-state index contributed by atoms with van der Waals surface area (Å²) < 4.78 is 28.4. The molecule has 1 saturated heterocycles. The smallest absolute Gasteiger partial charge is 0.264 e. The number of rotatable bonds is 8. The molecule has 6 nitrogen and oxygen atoms in total. The average molecular weight is 492 g/mol. The van der Waals surface area contributed by atoms with Crippen LogP contribution in [0.2, 0.25) is 0 Å². The van der Waals surface area contributed by atoms with E-state index in [1.54, 1.807) is 30.3 Å². The molecule has 0 saturated carbocycles. The van der Waals surface area contributed by atoms with Gasteiger partial charge in [-0.3, -0.25) is 9.10 Å². The van der Waals surface area contributed by atoms with Gasteiger partial charge in [0.1, 0.15) is 6.54 Å². The lowest BCUT2D eigenvalue weighted by atomic mass is 10.1. The van der Waals surface area contributed by atoms with Crippen LogP contribution in [-0.4, -0.2) is 34.0 Å². The molecule has 184 valence electrons. The third kappa shape index (κ3) is 5.85. The molecule has 0 spiro atoms. The normalized spacial score (nSPS) is 13.6. The second-order valence-corrected chi connectivity index (χ2v) is 11.1. The zero-order chi connectivity index (χ0) is 25.0. The third-order valence-corrected chi connectivity index (χ3v) is 8.19. The molecular weight excluding hydrogens is 458 g/mol. The van der Waals surface area contributed by atoms with E-state index < -0.39 is 10.0 Å². The molecule has 1 aliphatic heterocycles. The Morgan fingerprint density at radius 1 is 0.886 bits per heavy atom. The fraction of sp³-hybridized carbons (Fsp3) is 0.321. The van der Waals surface area contributed by atoms with Gasteiger partial charge in [0.05, 0.1) is 10.6 Å². The predicted octanol–water partition coefficient (Wildman–Crippen LogP) is 4.72. The molecule has 0 radical (unpaired) electrons. The van der Waals surface area contributed by atoms with Gasteiger partial charge in [0.25, 0.3) is 10.0 Å². The van der Waals surface area contributed by atoms with Crippen molar-refractivity contribution < 1.29 is 13.2 Å². The monoisotopic (exact) mass is 491 g/mol. The molecule has 1 heterocycles. The Kier molecular flexibility index (Phi) is 7.45. The number of hydrogen-bond donors (Lipinski definition) is 1. The highest BCUT2D eigenvalue weighted by Gasteiger charge is 2.28. The lowest BCUT2D eigenvalue weighted by Gasteiger charge is -2.26. The Morgan fingerprint density at radius 2 is 1.51 bits per heavy atom. The highest BCUT2D eigenvalue weighted by Crippen LogP contribution is 2.28. The van der Waals surface area contributed by atoms with Crippen LogP contribution >= 0.6 is 0 Å². The highest BCUT2D eigenvalue weighted by molar-refractivity contribution is 7.92. The number of amides is 1. The quantitative estimate of drug-likeness (QED) is 0.495. The zero-order valence-corrected chi connectivity index (χ0v) is 21.4. The number of sulfonamides is 1. The second kappa shape index (κ2) is 10.5. The number of nitrogens with zero attached hydrogens (tertiary/aromatic N) is 2. The lowest BCUT2D eigenvalue weighted by Crippen LogP contribution is -2.41. The molecule has 7 heteroatoms. The molecule has 3 aromatic rings. The van der Waals surface area contributed by atoms with E-state index >= 15 is 0 Å². The van der Waals surface area contributed by atoms with Crippen molar-refractivity contribution in [3.63, 3.8) is 0 Å². The maximum atomic E-state index is 13.6. The molecule has 0 aliphatic carbocycles. The summed E-state index contributed by atoms with van der Waals surface area (Å²) in [4.78, 5) is 15.5. The summed E-state index contributed by atoms with van der Waals surface area (Å²) in [5, 5.41) is 2.89. The van der Waals surface area contributed by atoms with E-state index in [1.165, 1.54) is 22.8 Å². The molecule has 0 unspecified atom stereocenters. The van der Waals surface area contributed by atoms with E-state index in [4.69, 9.17) is 0 Å². The van der Waals surface area contributed by atoms with Gasteiger partial charge in [-0.2, -0.15) is 0 Å². The highest BCUT2D eigenvalue weighted by atomic mass is 32.2. The van der Waals surface area contributed by atoms with E-state index in [-0.39, 0.29) is 17.3 Å². The van der Waals surface area contributed by atoms with Crippen LogP contribution in [0.3, 0.4) is 0 Å². The van der Waals surface area contributed by atoms with Crippen LogP contribution in [0.1, 0.15) is 35.1 Å². The topological polar surface area (TPSA) is 69.7 Å². The van der Waals surface area contributed by atoms with Gasteiger partial charge >= 0.3 is 0 Å². The molecule has 0 aromatic heterocycles. The molecule has 0 bridgehead atoms. The minimum atomic E-state index is -3.93. The van der Waals surface area contributed by atoms with Crippen molar-refractivity contribution in [3.8, 4) is 0 Å². The van der Waals surface area contributed by atoms with Gasteiger partial charge in [0.15, 0.2) is 0 Å². The number of carbonyl (C=O) groups excluding carboxylic acids is 1. The van der Waals surface area contributed by atoms with Crippen LogP contribution in [0, 0.1) is 20.8 Å². The van der Waals surface area contributed by atoms with Gasteiger partial charge in [0, 0.05) is 25.3 Å². The number of hydrogen-bond acceptors (Lipinski definition) is 4. The van der Waals surface area contributed by atoms with Gasteiger partial charge in [-0.05, 0) is 75.1 Å². The maximum absolute atomic E-state index is 13.6. The van der Waals surface area contributed by atoms with E-state index in [0.717, 1.165) is 35.3 Å². The maximum Gasteiger partial charge on any atom is 0.264 e. The summed E-state index contributed by atoms with van der Waals surface area (Å²) >= 11 is 0. The van der Waals surface area contributed by atoms with Crippen molar-refractivity contribution in [1.29, 1.82) is 0 Å². The van der Waals surface area contributed by atoms with Crippen LogP contribution in [0.25, 0.3) is 0 Å². The third-order valence-electron chi connectivity index (χ3n) is 6.41. The van der Waals surface area contributed by atoms with Crippen LogP contribution in [-0.2, 0) is 21.4 Å². The first kappa shape index (κ1) is 24.8. The van der Waals surface area contributed by atoms with Gasteiger partial charge < -0.3 is 10.2 Å². The SMILES string of the molecule is Cc1ccc(S(=O)(=O)N(CC(=O)NCc2ccc(N3CCCC3)cc2)c2ccc(C)cc2C)cc1. The van der Waals surface area contributed by atoms with Crippen molar-refractivity contribution in [1.82, 2.24) is 5.32 Å². The number of carbonyl (C=O) groups is 1. The average Bonchev–Trinajstić information content (AvgIpc) is 3.37. The Bertz CT molecular complexity index is 1280. The first-order chi connectivity index (χ1) is 16.7. The van der Waals surface area contributed by atoms with Crippen molar-refractivity contribution in [3.05, 3.63) is 89.0 Å². The first-order valence-corrected chi connectivity index (χ1v) is 13.5. The molecule has 1 fully saturated rings. The number of aryl methyl sites for hydroxylation is 3. The van der Waals surface area contributed by atoms with Gasteiger partial charge in [-0.15, -0.1) is 0 Å². The van der Waals surface area contributed by atoms with E-state index in [1.807, 2.05) is 45.0 Å². The van der Waals surface area contributed by atoms with Crippen LogP contribution in [0.15, 0.2) is 71.6 Å². The van der Waals surface area contributed by atoms with Crippen molar-refractivity contribution in [2.24, 2.45) is 0 Å². The summed E-state index contributed by atoms with van der Waals surface area (Å²) in [5.74, 6) is -0.357. The Hall–Kier alpha value is -3.32. The van der Waals surface area contributed by atoms with E-state index in [0.29, 0.717) is 12.2 Å². The Labute approximate surface area is 208 Å². The summed E-state index contributed by atoms with van der Waals surface area (Å²) in [6.07, 6.45) is 2.44. The first-order valence-electron chi connectivity index (χ1n) is 12.0. The fourth-order valence-electron chi connectivity index (χ4n) is 4.41. The molecule has 1 N–H and O–H groups in total. The molecule has 0 atom stereocenters. The van der Waals surface area contributed by atoms with Gasteiger partial charge in [0.2, 0.25) is 5.91 Å². The Balaban J connectivity index is 1.51. The van der Waals surface area contributed by atoms with Gasteiger partial charge in [-0.1, -0.05) is 47.5 Å². The van der Waals surface area contributed by atoms with Crippen molar-refractivity contribution >= 4 is 27.3 Å². The van der Waals surface area contributed by atoms with Crippen molar-refractivity contribution in [2.75, 3.05) is 28.8 Å². The summed E-state index contributed by atoms with van der Waals surface area (Å²) in [6.45, 7) is 7.93. The standard InChI is InChI=1S/C28H33N3O3S/c1-21-6-13-26(14-7-21)35(33,34)31(27-15-8-22(2)18-23(27)3)20-28(32)29-19-24-9-11-25(12-10-24)30-16-4-5-17-30/h6-15,18H,4-5,16-17,19-20H2,1-3H3,(H,29,32). The summed E-state index contributed by atoms with van der Waals surface area (Å²) in [6, 6.07) is 20.4. The molecule has 1 aliphatic rings. The zero-order valence-electron chi connectivity index (χ0n) is 20.6. The Morgan fingerprint density at radius 3 is 2.14 bits per heavy atom. The number of benzene rings is 3. The second-order valence-electron chi connectivity index (χ2n) is 9.25. The van der Waals surface area contributed by atoms with Crippen molar-refractivity contribution in [2.45, 2.75) is 45.1 Å². The molecule has 3 aromatic carbocycles. The summed E-state index contributed by atoms with van der Waals surface area (Å²) in [7, 11) is -3.93. The molecule has 1 amide bonds. The molecule has 35 heavy (non-hydrogen) atoms. The number of anilines is 2. The summed E-state index contributed by atoms with van der Waals surface area (Å²) in [5.41, 5.74) is 5.46. The molecule has 4 rings (SSSR count). The van der Waals surface area contributed by atoms with Crippen LogP contribution < -0.4 is 14.5 Å². The van der Waals surface area contributed by atoms with E-state index in [2.05, 4.69) is 22.3 Å². The minimum Gasteiger partial charge on any atom is -0.372 e. The van der Waals surface area contributed by atoms with Crippen LogP contribution in [0.5, 0.6) is 0 Å². The minimum absolute atomic E-state index is 0.161. The lowest BCUT2D eigenvalue weighted by molar-refractivity contribution is -0.119.